The average Bonchev–Trinajstić information content (AvgIpc) is 2.90. The fourth-order valence-electron chi connectivity index (χ4n) is 4.29. The van der Waals surface area contributed by atoms with Crippen molar-refractivity contribution in [1.82, 2.24) is 9.97 Å². The Morgan fingerprint density at radius 2 is 1.29 bits per heavy atom. The molecular weight excluding hydrogens is 611 g/mol. The Kier molecular flexibility index (Phi) is 7.28. The van der Waals surface area contributed by atoms with Crippen LogP contribution in [0.15, 0.2) is 109 Å². The molecule has 35 heavy (non-hydrogen) atoms. The quantitative estimate of drug-likeness (QED) is 0.206. The molecule has 0 saturated heterocycles. The Balaban J connectivity index is 0.00000289. The number of hydrogen-bond donors (Lipinski definition) is 1. The van der Waals surface area contributed by atoms with Crippen LogP contribution in [0.2, 0.25) is 0 Å². The standard InChI is InChI=1S/C31H25N2O.Pt/c1-31(2,24-13-4-3-5-14-24)26-16-9-15-25(30(26)34)29-19-10-18-28(33-29)23-12-8-11-22(21-23)27-17-6-7-20-32-27;/h3-20,34H,1-2H3;/q-1;. The van der Waals surface area contributed by atoms with Crippen LogP contribution in [0.4, 0.5) is 0 Å². The van der Waals surface area contributed by atoms with E-state index < -0.39 is 0 Å². The molecule has 3 aromatic carbocycles. The first-order valence-corrected chi connectivity index (χ1v) is 11.3. The molecule has 0 radical (unpaired) electrons. The van der Waals surface area contributed by atoms with Gasteiger partial charge in [0.15, 0.2) is 0 Å². The predicted octanol–water partition coefficient (Wildman–Crippen LogP) is 7.31. The summed E-state index contributed by atoms with van der Waals surface area (Å²) < 4.78 is 0. The number of hydrogen-bond acceptors (Lipinski definition) is 3. The smallest absolute Gasteiger partial charge is 0.129 e. The largest absolute Gasteiger partial charge is 0.507 e. The maximum Gasteiger partial charge on any atom is 0.129 e. The van der Waals surface area contributed by atoms with E-state index >= 15 is 0 Å². The van der Waals surface area contributed by atoms with E-state index in [4.69, 9.17) is 4.98 Å². The van der Waals surface area contributed by atoms with Crippen LogP contribution in [0.3, 0.4) is 0 Å². The maximum absolute atomic E-state index is 11.3. The second kappa shape index (κ2) is 10.4. The molecule has 2 aromatic heterocycles. The van der Waals surface area contributed by atoms with E-state index in [1.165, 1.54) is 0 Å². The van der Waals surface area contributed by atoms with Gasteiger partial charge < -0.3 is 5.11 Å². The molecule has 3 nitrogen and oxygen atoms in total. The third-order valence-electron chi connectivity index (χ3n) is 6.24. The molecule has 5 rings (SSSR count). The summed E-state index contributed by atoms with van der Waals surface area (Å²) in [6.45, 7) is 4.26. The van der Waals surface area contributed by atoms with Gasteiger partial charge in [0.25, 0.3) is 0 Å². The molecule has 2 heterocycles. The van der Waals surface area contributed by atoms with Gasteiger partial charge in [-0.2, -0.15) is 0 Å². The number of phenols is 1. The fourth-order valence-corrected chi connectivity index (χ4v) is 4.29. The molecule has 0 aliphatic rings. The SMILES string of the molecule is CC(C)(c1ccccc1)c1cccc(-c2cccc(-c3[c-]c(-c4ccccn4)ccc3)n2)c1O.[Pt]. The summed E-state index contributed by atoms with van der Waals surface area (Å²) in [5, 5.41) is 11.3. The molecule has 0 atom stereocenters. The van der Waals surface area contributed by atoms with Crippen molar-refractivity contribution < 1.29 is 26.2 Å². The van der Waals surface area contributed by atoms with E-state index in [9.17, 15) is 5.11 Å². The van der Waals surface area contributed by atoms with Crippen molar-refractivity contribution in [2.45, 2.75) is 19.3 Å². The van der Waals surface area contributed by atoms with Gasteiger partial charge >= 0.3 is 0 Å². The van der Waals surface area contributed by atoms with Crippen LogP contribution in [0.1, 0.15) is 25.0 Å². The van der Waals surface area contributed by atoms with E-state index in [2.05, 4.69) is 37.0 Å². The zero-order valence-corrected chi connectivity index (χ0v) is 21.8. The number of benzene rings is 3. The van der Waals surface area contributed by atoms with Crippen LogP contribution >= 0.6 is 0 Å². The minimum atomic E-state index is -0.357. The first kappa shape index (κ1) is 24.6. The molecule has 0 bridgehead atoms. The molecule has 0 unspecified atom stereocenters. The number of para-hydroxylation sites is 1. The van der Waals surface area contributed by atoms with E-state index in [1.807, 2.05) is 91.0 Å². The summed E-state index contributed by atoms with van der Waals surface area (Å²) in [4.78, 5) is 9.33. The van der Waals surface area contributed by atoms with Gasteiger partial charge in [-0.1, -0.05) is 91.7 Å². The van der Waals surface area contributed by atoms with Gasteiger partial charge in [0.1, 0.15) is 5.75 Å². The summed E-state index contributed by atoms with van der Waals surface area (Å²) in [5.41, 5.74) is 6.55. The summed E-state index contributed by atoms with van der Waals surface area (Å²) in [6.07, 6.45) is 1.78. The van der Waals surface area contributed by atoms with Crippen molar-refractivity contribution in [3.05, 3.63) is 127 Å². The third-order valence-corrected chi connectivity index (χ3v) is 6.24. The molecule has 0 spiro atoms. The third kappa shape index (κ3) is 4.97. The van der Waals surface area contributed by atoms with Gasteiger partial charge in [-0.05, 0) is 23.8 Å². The molecule has 176 valence electrons. The summed E-state index contributed by atoms with van der Waals surface area (Å²) in [5.74, 6) is 0.257. The minimum absolute atomic E-state index is 0. The number of pyridine rings is 2. The van der Waals surface area contributed by atoms with Crippen molar-refractivity contribution in [2.24, 2.45) is 0 Å². The van der Waals surface area contributed by atoms with Crippen LogP contribution in [0.25, 0.3) is 33.8 Å². The van der Waals surface area contributed by atoms with Crippen LogP contribution in [0, 0.1) is 6.07 Å². The minimum Gasteiger partial charge on any atom is -0.507 e. The average molecular weight is 637 g/mol. The predicted molar refractivity (Wildman–Crippen MR) is 137 cm³/mol. The Labute approximate surface area is 220 Å². The van der Waals surface area contributed by atoms with Crippen molar-refractivity contribution in [2.75, 3.05) is 0 Å². The zero-order chi connectivity index (χ0) is 23.5. The Hall–Kier alpha value is -3.55. The second-order valence-corrected chi connectivity index (χ2v) is 8.79. The van der Waals surface area contributed by atoms with Gasteiger partial charge in [-0.15, -0.1) is 24.3 Å². The van der Waals surface area contributed by atoms with Gasteiger partial charge in [-0.25, -0.2) is 0 Å². The van der Waals surface area contributed by atoms with E-state index in [0.717, 1.165) is 39.3 Å². The first-order chi connectivity index (χ1) is 16.5. The van der Waals surface area contributed by atoms with Gasteiger partial charge in [0.05, 0.1) is 5.69 Å². The molecule has 0 fully saturated rings. The number of phenolic OH excluding ortho intramolecular Hbond substituents is 1. The van der Waals surface area contributed by atoms with Crippen molar-refractivity contribution in [3.63, 3.8) is 0 Å². The van der Waals surface area contributed by atoms with Crippen molar-refractivity contribution in [3.8, 4) is 39.5 Å². The van der Waals surface area contributed by atoms with E-state index in [1.54, 1.807) is 6.20 Å². The summed E-state index contributed by atoms with van der Waals surface area (Å²) in [7, 11) is 0. The molecule has 0 aliphatic carbocycles. The summed E-state index contributed by atoms with van der Waals surface area (Å²) >= 11 is 0. The maximum atomic E-state index is 11.3. The molecular formula is C31H25N2OPt-. The monoisotopic (exact) mass is 636 g/mol. The normalized spacial score (nSPS) is 11.0. The molecule has 4 heteroatoms. The van der Waals surface area contributed by atoms with Gasteiger partial charge in [0.2, 0.25) is 0 Å². The number of aromatic nitrogens is 2. The first-order valence-electron chi connectivity index (χ1n) is 11.3. The molecule has 0 aliphatic heterocycles. The van der Waals surface area contributed by atoms with Gasteiger partial charge in [0, 0.05) is 55.2 Å². The molecule has 0 amide bonds. The van der Waals surface area contributed by atoms with Crippen molar-refractivity contribution in [1.29, 1.82) is 0 Å². The van der Waals surface area contributed by atoms with E-state index in [-0.39, 0.29) is 32.2 Å². The van der Waals surface area contributed by atoms with Crippen LogP contribution in [-0.2, 0) is 26.5 Å². The second-order valence-electron chi connectivity index (χ2n) is 8.79. The zero-order valence-electron chi connectivity index (χ0n) is 19.6. The van der Waals surface area contributed by atoms with Crippen molar-refractivity contribution >= 4 is 0 Å². The van der Waals surface area contributed by atoms with Crippen LogP contribution in [-0.4, -0.2) is 15.1 Å². The Morgan fingerprint density at radius 1 is 0.657 bits per heavy atom. The number of rotatable bonds is 5. The number of aromatic hydroxyl groups is 1. The Morgan fingerprint density at radius 3 is 2.03 bits per heavy atom. The molecule has 0 saturated carbocycles. The molecule has 1 N–H and O–H groups in total. The summed E-state index contributed by atoms with van der Waals surface area (Å²) in [6, 6.07) is 37.2. The molecule has 5 aromatic rings. The topological polar surface area (TPSA) is 46.0 Å². The number of nitrogens with zero attached hydrogens (tertiary/aromatic N) is 2. The fraction of sp³-hybridized carbons (Fsp3) is 0.0968. The van der Waals surface area contributed by atoms with E-state index in [0.29, 0.717) is 5.56 Å². The van der Waals surface area contributed by atoms with Crippen LogP contribution in [0.5, 0.6) is 5.75 Å². The van der Waals surface area contributed by atoms with Crippen LogP contribution < -0.4 is 0 Å². The Bertz CT molecular complexity index is 1430. The van der Waals surface area contributed by atoms with Gasteiger partial charge in [-0.3, -0.25) is 9.97 Å².